The normalized spacial score (nSPS) is 12.7. The zero-order valence-corrected chi connectivity index (χ0v) is 33.2. The molecule has 3 nitrogen and oxygen atoms in total. The highest BCUT2D eigenvalue weighted by Gasteiger charge is 2.46. The van der Waals surface area contributed by atoms with Crippen molar-refractivity contribution in [2.75, 3.05) is 4.90 Å². The first kappa shape index (κ1) is 35.0. The van der Waals surface area contributed by atoms with Crippen molar-refractivity contribution in [3.05, 3.63) is 253 Å². The molecule has 0 radical (unpaired) electrons. The van der Waals surface area contributed by atoms with Crippen LogP contribution in [0, 0.1) is 0 Å². The average Bonchev–Trinajstić information content (AvgIpc) is 3.84. The molecule has 286 valence electrons. The average molecular weight is 779 g/mol. The molecule has 3 heteroatoms. The summed E-state index contributed by atoms with van der Waals surface area (Å²) in [6.07, 6.45) is 2.01. The van der Waals surface area contributed by atoms with Crippen LogP contribution in [0.15, 0.2) is 235 Å². The van der Waals surface area contributed by atoms with Crippen molar-refractivity contribution in [1.29, 1.82) is 0 Å². The maximum absolute atomic E-state index is 6.69. The van der Waals surface area contributed by atoms with E-state index < -0.39 is 5.41 Å². The molecular formula is C58H38N2O. The predicted octanol–water partition coefficient (Wildman–Crippen LogP) is 15.3. The monoisotopic (exact) mass is 778 g/mol. The molecule has 2 heterocycles. The van der Waals surface area contributed by atoms with E-state index in [-0.39, 0.29) is 0 Å². The number of hydrogen-bond donors (Lipinski definition) is 0. The Morgan fingerprint density at radius 3 is 1.66 bits per heavy atom. The summed E-state index contributed by atoms with van der Waals surface area (Å²) in [5, 5.41) is 3.31. The summed E-state index contributed by atoms with van der Waals surface area (Å²) in [6, 6.07) is 81.0. The zero-order chi connectivity index (χ0) is 40.3. The van der Waals surface area contributed by atoms with E-state index in [2.05, 4.69) is 229 Å². The fraction of sp³-hybridized carbons (Fsp3) is 0.0172. The van der Waals surface area contributed by atoms with E-state index in [4.69, 9.17) is 9.40 Å². The number of aromatic nitrogens is 1. The van der Waals surface area contributed by atoms with Gasteiger partial charge in [-0.15, -0.1) is 0 Å². The Morgan fingerprint density at radius 2 is 0.967 bits per heavy atom. The lowest BCUT2D eigenvalue weighted by Crippen LogP contribution is -2.28. The molecular weight excluding hydrogens is 741 g/mol. The van der Waals surface area contributed by atoms with E-state index in [9.17, 15) is 0 Å². The Balaban J connectivity index is 1.16. The van der Waals surface area contributed by atoms with Gasteiger partial charge in [0.05, 0.1) is 23.0 Å². The molecule has 0 atom stereocenters. The van der Waals surface area contributed by atoms with Gasteiger partial charge in [-0.3, -0.25) is 0 Å². The molecule has 12 rings (SSSR count). The Bertz CT molecular complexity index is 3350. The first-order valence-corrected chi connectivity index (χ1v) is 20.9. The van der Waals surface area contributed by atoms with Gasteiger partial charge in [-0.1, -0.05) is 182 Å². The van der Waals surface area contributed by atoms with E-state index >= 15 is 0 Å². The second-order valence-electron chi connectivity index (χ2n) is 15.9. The highest BCUT2D eigenvalue weighted by atomic mass is 16.3. The number of rotatable bonds is 7. The van der Waals surface area contributed by atoms with Crippen molar-refractivity contribution in [3.63, 3.8) is 0 Å². The molecule has 2 aromatic heterocycles. The number of benzene rings is 9. The summed E-state index contributed by atoms with van der Waals surface area (Å²) in [5.41, 5.74) is 16.8. The molecule has 0 unspecified atom stereocenters. The third kappa shape index (κ3) is 5.55. The molecule has 61 heavy (non-hydrogen) atoms. The Morgan fingerprint density at radius 1 is 0.393 bits per heavy atom. The van der Waals surface area contributed by atoms with Crippen LogP contribution >= 0.6 is 0 Å². The third-order valence-electron chi connectivity index (χ3n) is 12.6. The minimum absolute atomic E-state index is 0.579. The van der Waals surface area contributed by atoms with Gasteiger partial charge in [0, 0.05) is 22.7 Å². The van der Waals surface area contributed by atoms with Gasteiger partial charge in [-0.25, -0.2) is 4.98 Å². The Hall–Kier alpha value is -8.01. The van der Waals surface area contributed by atoms with Crippen LogP contribution in [0.5, 0.6) is 0 Å². The van der Waals surface area contributed by atoms with E-state index in [1.807, 2.05) is 6.20 Å². The highest BCUT2D eigenvalue weighted by molar-refractivity contribution is 6.09. The number of pyridine rings is 1. The molecule has 11 aromatic rings. The van der Waals surface area contributed by atoms with Crippen LogP contribution in [0.4, 0.5) is 17.1 Å². The second kappa shape index (κ2) is 14.1. The van der Waals surface area contributed by atoms with Gasteiger partial charge < -0.3 is 9.32 Å². The first-order valence-electron chi connectivity index (χ1n) is 20.9. The fourth-order valence-electron chi connectivity index (χ4n) is 9.82. The van der Waals surface area contributed by atoms with Crippen molar-refractivity contribution in [2.24, 2.45) is 0 Å². The SMILES string of the molecule is c1ccc(-c2ccc(N(c3cnc4c(c3)oc3cc5ccccc5cc34)c3cc4c(cc3-c3ccccc3)-c3ccccc3C4(c3ccccc3)c3ccccc3)cc2)cc1. The van der Waals surface area contributed by atoms with Crippen molar-refractivity contribution >= 4 is 49.9 Å². The second-order valence-corrected chi connectivity index (χ2v) is 15.9. The van der Waals surface area contributed by atoms with E-state index in [0.717, 1.165) is 66.6 Å². The Kier molecular flexibility index (Phi) is 8.07. The summed E-state index contributed by atoms with van der Waals surface area (Å²) in [5.74, 6) is 0. The summed E-state index contributed by atoms with van der Waals surface area (Å²) < 4.78 is 6.69. The van der Waals surface area contributed by atoms with Crippen molar-refractivity contribution in [3.8, 4) is 33.4 Å². The maximum atomic E-state index is 6.69. The van der Waals surface area contributed by atoms with Gasteiger partial charge in [0.1, 0.15) is 11.1 Å². The minimum Gasteiger partial charge on any atom is -0.454 e. The van der Waals surface area contributed by atoms with Crippen LogP contribution in [-0.4, -0.2) is 4.98 Å². The van der Waals surface area contributed by atoms with Crippen LogP contribution in [0.3, 0.4) is 0 Å². The lowest BCUT2D eigenvalue weighted by atomic mass is 9.67. The smallest absolute Gasteiger partial charge is 0.155 e. The summed E-state index contributed by atoms with van der Waals surface area (Å²) in [6.45, 7) is 0. The molecule has 1 aliphatic carbocycles. The van der Waals surface area contributed by atoms with Gasteiger partial charge in [-0.05, 0) is 97.2 Å². The molecule has 9 aromatic carbocycles. The number of nitrogens with zero attached hydrogens (tertiary/aromatic N) is 2. The quantitative estimate of drug-likeness (QED) is 0.161. The summed E-state index contributed by atoms with van der Waals surface area (Å²) in [7, 11) is 0. The largest absolute Gasteiger partial charge is 0.454 e. The summed E-state index contributed by atoms with van der Waals surface area (Å²) >= 11 is 0. The molecule has 0 spiro atoms. The zero-order valence-electron chi connectivity index (χ0n) is 33.2. The molecule has 0 aliphatic heterocycles. The van der Waals surface area contributed by atoms with Crippen LogP contribution in [0.2, 0.25) is 0 Å². The van der Waals surface area contributed by atoms with Crippen molar-refractivity contribution < 1.29 is 4.42 Å². The number of fused-ring (bicyclic) bond motifs is 7. The fourth-order valence-corrected chi connectivity index (χ4v) is 9.82. The van der Waals surface area contributed by atoms with Crippen molar-refractivity contribution in [1.82, 2.24) is 4.98 Å². The third-order valence-corrected chi connectivity index (χ3v) is 12.6. The molecule has 0 fully saturated rings. The lowest BCUT2D eigenvalue weighted by molar-refractivity contribution is 0.668. The van der Waals surface area contributed by atoms with Gasteiger partial charge in [0.15, 0.2) is 5.58 Å². The van der Waals surface area contributed by atoms with Crippen LogP contribution < -0.4 is 4.90 Å². The van der Waals surface area contributed by atoms with Crippen LogP contribution in [0.1, 0.15) is 22.3 Å². The van der Waals surface area contributed by atoms with E-state index in [1.54, 1.807) is 0 Å². The number of anilines is 3. The van der Waals surface area contributed by atoms with Crippen molar-refractivity contribution in [2.45, 2.75) is 5.41 Å². The standard InChI is InChI=1S/C58H38N2O/c1-5-17-39(18-6-1)40-29-31-46(32-30-40)60(47-35-56-57(59-38-47)51-33-42-21-13-14-22-43(42)34-55(51)61-56)54-37-53-50(36-49(54)41-19-7-2-8-20-41)48-27-15-16-28-52(48)58(53,44-23-9-3-10-24-44)45-25-11-4-12-26-45/h1-38H. The lowest BCUT2D eigenvalue weighted by Gasteiger charge is -2.35. The van der Waals surface area contributed by atoms with Crippen LogP contribution in [0.25, 0.3) is 66.2 Å². The van der Waals surface area contributed by atoms with E-state index in [0.29, 0.717) is 0 Å². The first-order chi connectivity index (χ1) is 30.2. The maximum Gasteiger partial charge on any atom is 0.155 e. The summed E-state index contributed by atoms with van der Waals surface area (Å²) in [4.78, 5) is 7.58. The molecule has 0 N–H and O–H groups in total. The predicted molar refractivity (Wildman–Crippen MR) is 252 cm³/mol. The van der Waals surface area contributed by atoms with Crippen LogP contribution in [-0.2, 0) is 5.41 Å². The molecule has 0 amide bonds. The molecule has 0 bridgehead atoms. The minimum atomic E-state index is -0.579. The Labute approximate surface area is 354 Å². The number of furan rings is 1. The molecule has 1 aliphatic rings. The molecule has 0 saturated heterocycles. The van der Waals surface area contributed by atoms with E-state index in [1.165, 1.54) is 38.9 Å². The highest BCUT2D eigenvalue weighted by Crippen LogP contribution is 2.59. The topological polar surface area (TPSA) is 29.3 Å². The molecule has 0 saturated carbocycles. The number of hydrogen-bond acceptors (Lipinski definition) is 3. The van der Waals surface area contributed by atoms with Gasteiger partial charge >= 0.3 is 0 Å². The van der Waals surface area contributed by atoms with Gasteiger partial charge in [-0.2, -0.15) is 0 Å². The van der Waals surface area contributed by atoms with Gasteiger partial charge in [0.25, 0.3) is 0 Å². The van der Waals surface area contributed by atoms with Gasteiger partial charge in [0.2, 0.25) is 0 Å².